The third-order valence-corrected chi connectivity index (χ3v) is 3.90. The van der Waals surface area contributed by atoms with E-state index in [1.807, 2.05) is 12.1 Å². The van der Waals surface area contributed by atoms with Crippen LogP contribution in [0.15, 0.2) is 42.5 Å². The Labute approximate surface area is 118 Å². The van der Waals surface area contributed by atoms with E-state index in [2.05, 4.69) is 17.4 Å². The lowest BCUT2D eigenvalue weighted by Gasteiger charge is -2.14. The average Bonchev–Trinajstić information content (AvgIpc) is 2.85. The number of aryl methyl sites for hydroxylation is 2. The van der Waals surface area contributed by atoms with Gasteiger partial charge in [-0.05, 0) is 54.7 Å². The molecule has 3 nitrogen and oxygen atoms in total. The molecular formula is C17H17NO2. The first-order valence-corrected chi connectivity index (χ1v) is 6.83. The third kappa shape index (κ3) is 2.27. The lowest BCUT2D eigenvalue weighted by molar-refractivity contribution is 0.0936. The Hall–Kier alpha value is -2.29. The molecule has 0 saturated carbocycles. The van der Waals surface area contributed by atoms with Gasteiger partial charge in [-0.25, -0.2) is 0 Å². The molecule has 0 aliphatic heterocycles. The Kier molecular flexibility index (Phi) is 3.18. The lowest BCUT2D eigenvalue weighted by atomic mass is 10.1. The maximum Gasteiger partial charge on any atom is 0.251 e. The Morgan fingerprint density at radius 3 is 2.85 bits per heavy atom. The van der Waals surface area contributed by atoms with E-state index in [0.29, 0.717) is 11.1 Å². The van der Waals surface area contributed by atoms with Crippen molar-refractivity contribution in [1.29, 1.82) is 0 Å². The molecule has 20 heavy (non-hydrogen) atoms. The van der Waals surface area contributed by atoms with Gasteiger partial charge in [-0.3, -0.25) is 4.79 Å². The summed E-state index contributed by atoms with van der Waals surface area (Å²) in [6, 6.07) is 13.3. The number of fused-ring (bicyclic) bond motifs is 1. The number of benzene rings is 2. The molecular weight excluding hydrogens is 250 g/mol. The Morgan fingerprint density at radius 2 is 2.05 bits per heavy atom. The van der Waals surface area contributed by atoms with Crippen molar-refractivity contribution in [1.82, 2.24) is 5.32 Å². The van der Waals surface area contributed by atoms with Crippen LogP contribution in [-0.4, -0.2) is 11.0 Å². The van der Waals surface area contributed by atoms with Crippen LogP contribution in [-0.2, 0) is 6.42 Å². The number of rotatable bonds is 2. The molecule has 2 N–H and O–H groups in total. The van der Waals surface area contributed by atoms with Crippen LogP contribution in [0.5, 0.6) is 5.75 Å². The van der Waals surface area contributed by atoms with Crippen LogP contribution in [0.1, 0.15) is 39.5 Å². The summed E-state index contributed by atoms with van der Waals surface area (Å²) in [5.74, 6) is 0.127. The highest BCUT2D eigenvalue weighted by Crippen LogP contribution is 2.31. The Bertz CT molecular complexity index is 664. The van der Waals surface area contributed by atoms with E-state index in [9.17, 15) is 9.90 Å². The van der Waals surface area contributed by atoms with E-state index >= 15 is 0 Å². The van der Waals surface area contributed by atoms with E-state index in [1.165, 1.54) is 11.1 Å². The molecule has 0 aromatic heterocycles. The van der Waals surface area contributed by atoms with Crippen molar-refractivity contribution in [2.45, 2.75) is 25.8 Å². The highest BCUT2D eigenvalue weighted by atomic mass is 16.3. The van der Waals surface area contributed by atoms with Crippen molar-refractivity contribution in [3.05, 3.63) is 64.7 Å². The molecule has 3 rings (SSSR count). The number of phenolic OH excluding ortho intramolecular Hbond substituents is 1. The minimum Gasteiger partial charge on any atom is -0.508 e. The molecule has 3 heteroatoms. The summed E-state index contributed by atoms with van der Waals surface area (Å²) < 4.78 is 0. The predicted octanol–water partition coefficient (Wildman–Crippen LogP) is 3.12. The van der Waals surface area contributed by atoms with E-state index < -0.39 is 0 Å². The first-order chi connectivity index (χ1) is 9.65. The van der Waals surface area contributed by atoms with Gasteiger partial charge in [0.2, 0.25) is 0 Å². The zero-order valence-corrected chi connectivity index (χ0v) is 11.4. The van der Waals surface area contributed by atoms with Gasteiger partial charge in [-0.15, -0.1) is 0 Å². The number of nitrogens with one attached hydrogen (secondary N) is 1. The predicted molar refractivity (Wildman–Crippen MR) is 77.8 cm³/mol. The van der Waals surface area contributed by atoms with Crippen LogP contribution in [0.25, 0.3) is 0 Å². The maximum atomic E-state index is 12.3. The first-order valence-electron chi connectivity index (χ1n) is 6.83. The summed E-state index contributed by atoms with van der Waals surface area (Å²) in [4.78, 5) is 12.3. The van der Waals surface area contributed by atoms with Crippen LogP contribution >= 0.6 is 0 Å². The van der Waals surface area contributed by atoms with E-state index in [1.54, 1.807) is 25.1 Å². The number of carbonyl (C=O) groups excluding carboxylic acids is 1. The molecule has 0 unspecified atom stereocenters. The summed E-state index contributed by atoms with van der Waals surface area (Å²) >= 11 is 0. The van der Waals surface area contributed by atoms with Gasteiger partial charge < -0.3 is 10.4 Å². The van der Waals surface area contributed by atoms with Crippen LogP contribution in [0.3, 0.4) is 0 Å². The SMILES string of the molecule is Cc1cc(C(=O)N[C@H]2CCc3ccccc32)ccc1O. The second-order valence-corrected chi connectivity index (χ2v) is 5.26. The van der Waals surface area contributed by atoms with Crippen LogP contribution < -0.4 is 5.32 Å². The molecule has 2 aromatic carbocycles. The maximum absolute atomic E-state index is 12.3. The molecule has 0 fully saturated rings. The normalized spacial score (nSPS) is 16.8. The molecule has 0 heterocycles. The van der Waals surface area contributed by atoms with Crippen molar-refractivity contribution in [3.8, 4) is 5.75 Å². The van der Waals surface area contributed by atoms with Crippen molar-refractivity contribution in [2.24, 2.45) is 0 Å². The minimum atomic E-state index is -0.0881. The Balaban J connectivity index is 1.79. The second kappa shape index (κ2) is 5.00. The lowest BCUT2D eigenvalue weighted by Crippen LogP contribution is -2.27. The minimum absolute atomic E-state index is 0.0881. The second-order valence-electron chi connectivity index (χ2n) is 5.26. The average molecular weight is 267 g/mol. The summed E-state index contributed by atoms with van der Waals surface area (Å²) in [7, 11) is 0. The number of aromatic hydroxyl groups is 1. The van der Waals surface area contributed by atoms with E-state index in [0.717, 1.165) is 12.8 Å². The molecule has 0 radical (unpaired) electrons. The van der Waals surface area contributed by atoms with Crippen LogP contribution in [0.2, 0.25) is 0 Å². The topological polar surface area (TPSA) is 49.3 Å². The Morgan fingerprint density at radius 1 is 1.25 bits per heavy atom. The van der Waals surface area contributed by atoms with Gasteiger partial charge in [0, 0.05) is 5.56 Å². The molecule has 1 aliphatic carbocycles. The molecule has 2 aromatic rings. The fraction of sp³-hybridized carbons (Fsp3) is 0.235. The van der Waals surface area contributed by atoms with Gasteiger partial charge in [0.15, 0.2) is 0 Å². The molecule has 1 aliphatic rings. The summed E-state index contributed by atoms with van der Waals surface area (Å²) in [6.07, 6.45) is 1.96. The van der Waals surface area contributed by atoms with Gasteiger partial charge in [0.25, 0.3) is 5.91 Å². The van der Waals surface area contributed by atoms with E-state index in [4.69, 9.17) is 0 Å². The molecule has 0 bridgehead atoms. The van der Waals surface area contributed by atoms with Gasteiger partial charge in [0.1, 0.15) is 5.75 Å². The number of carbonyl (C=O) groups is 1. The quantitative estimate of drug-likeness (QED) is 0.878. The standard InChI is InChI=1S/C17H17NO2/c1-11-10-13(7-9-16(11)19)17(20)18-15-8-6-12-4-2-3-5-14(12)15/h2-5,7,9-10,15,19H,6,8H2,1H3,(H,18,20)/t15-/m0/s1. The smallest absolute Gasteiger partial charge is 0.251 e. The monoisotopic (exact) mass is 267 g/mol. The zero-order chi connectivity index (χ0) is 14.1. The highest BCUT2D eigenvalue weighted by Gasteiger charge is 2.23. The molecule has 0 spiro atoms. The van der Waals surface area contributed by atoms with Crippen molar-refractivity contribution >= 4 is 5.91 Å². The fourth-order valence-electron chi connectivity index (χ4n) is 2.75. The van der Waals surface area contributed by atoms with Gasteiger partial charge >= 0.3 is 0 Å². The highest BCUT2D eigenvalue weighted by molar-refractivity contribution is 5.94. The van der Waals surface area contributed by atoms with Gasteiger partial charge in [-0.1, -0.05) is 24.3 Å². The summed E-state index contributed by atoms with van der Waals surface area (Å²) in [6.45, 7) is 1.79. The van der Waals surface area contributed by atoms with Gasteiger partial charge in [-0.2, -0.15) is 0 Å². The van der Waals surface area contributed by atoms with Crippen molar-refractivity contribution in [3.63, 3.8) is 0 Å². The molecule has 0 saturated heterocycles. The molecule has 102 valence electrons. The number of hydrogen-bond acceptors (Lipinski definition) is 2. The van der Waals surface area contributed by atoms with Gasteiger partial charge in [0.05, 0.1) is 6.04 Å². The number of amides is 1. The van der Waals surface area contributed by atoms with Crippen molar-refractivity contribution < 1.29 is 9.90 Å². The summed E-state index contributed by atoms with van der Waals surface area (Å²) in [5, 5.41) is 12.6. The third-order valence-electron chi connectivity index (χ3n) is 3.90. The van der Waals surface area contributed by atoms with E-state index in [-0.39, 0.29) is 17.7 Å². The fourth-order valence-corrected chi connectivity index (χ4v) is 2.75. The van der Waals surface area contributed by atoms with Crippen molar-refractivity contribution in [2.75, 3.05) is 0 Å². The number of phenols is 1. The summed E-state index contributed by atoms with van der Waals surface area (Å²) in [5.41, 5.74) is 3.84. The molecule has 1 amide bonds. The van der Waals surface area contributed by atoms with Crippen LogP contribution in [0.4, 0.5) is 0 Å². The first kappa shape index (κ1) is 12.7. The largest absolute Gasteiger partial charge is 0.508 e. The molecule has 1 atom stereocenters. The number of hydrogen-bond donors (Lipinski definition) is 2. The zero-order valence-electron chi connectivity index (χ0n) is 11.4. The van der Waals surface area contributed by atoms with Crippen LogP contribution in [0, 0.1) is 6.92 Å².